The number of thiol groups is 1. The molecular formula is C30H29F3N4S. The van der Waals surface area contributed by atoms with Crippen LogP contribution in [0.15, 0.2) is 95.8 Å². The third-order valence-electron chi connectivity index (χ3n) is 6.76. The zero-order chi connectivity index (χ0) is 27.3. The molecule has 38 heavy (non-hydrogen) atoms. The summed E-state index contributed by atoms with van der Waals surface area (Å²) in [4.78, 5) is 9.31. The molecule has 1 aromatic heterocycles. The average molecular weight is 535 g/mol. The van der Waals surface area contributed by atoms with Gasteiger partial charge in [0.05, 0.1) is 17.1 Å². The van der Waals surface area contributed by atoms with Gasteiger partial charge in [0.25, 0.3) is 0 Å². The fourth-order valence-electron chi connectivity index (χ4n) is 4.92. The highest BCUT2D eigenvalue weighted by Gasteiger charge is 2.42. The second kappa shape index (κ2) is 11.8. The summed E-state index contributed by atoms with van der Waals surface area (Å²) in [6.45, 7) is 6.96. The third-order valence-corrected chi connectivity index (χ3v) is 6.98. The minimum Gasteiger partial charge on any atom is -0.404 e. The summed E-state index contributed by atoms with van der Waals surface area (Å²) in [5.41, 5.74) is 11.0. The van der Waals surface area contributed by atoms with E-state index in [1.807, 2.05) is 25.1 Å². The summed E-state index contributed by atoms with van der Waals surface area (Å²) in [5, 5.41) is 0. The molecule has 3 aromatic rings. The number of benzene rings is 2. The molecule has 0 spiro atoms. The molecule has 0 bridgehead atoms. The van der Waals surface area contributed by atoms with Gasteiger partial charge in [0.2, 0.25) is 0 Å². The molecule has 0 aliphatic heterocycles. The van der Waals surface area contributed by atoms with E-state index in [0.717, 1.165) is 22.8 Å². The SMILES string of the molecule is C=C(c1cc(C)ccn1)C1(Cc2cc(F)cc(F)c2)CC(=CN)C(=Nc2ccc(F)cc2)C=C1CCNS. The lowest BCUT2D eigenvalue weighted by molar-refractivity contribution is 0.449. The monoisotopic (exact) mass is 534 g/mol. The Bertz CT molecular complexity index is 1410. The van der Waals surface area contributed by atoms with Crippen LogP contribution in [-0.4, -0.2) is 17.2 Å². The zero-order valence-corrected chi connectivity index (χ0v) is 21.9. The highest BCUT2D eigenvalue weighted by molar-refractivity contribution is 7.78. The van der Waals surface area contributed by atoms with Crippen LogP contribution in [0.3, 0.4) is 0 Å². The van der Waals surface area contributed by atoms with Gasteiger partial charge in [-0.3, -0.25) is 9.71 Å². The molecular weight excluding hydrogens is 505 g/mol. The molecule has 3 N–H and O–H groups in total. The molecule has 0 saturated carbocycles. The van der Waals surface area contributed by atoms with Gasteiger partial charge < -0.3 is 5.73 Å². The molecule has 8 heteroatoms. The standard InChI is InChI=1S/C30H29F3N4S/c1-19-7-9-35-28(11-19)20(2)30(16-21-12-25(32)15-26(33)13-21)17-22(18-34)29(14-23(30)8-10-36-38)37-27-5-3-24(31)4-6-27/h3-7,9,11-15,18,36,38H,2,8,10,16-17,34H2,1H3. The van der Waals surface area contributed by atoms with Crippen molar-refractivity contribution in [2.45, 2.75) is 26.2 Å². The summed E-state index contributed by atoms with van der Waals surface area (Å²) in [6, 6.07) is 13.2. The number of pyridine rings is 1. The van der Waals surface area contributed by atoms with Crippen molar-refractivity contribution in [1.29, 1.82) is 0 Å². The molecule has 0 saturated heterocycles. The van der Waals surface area contributed by atoms with Crippen molar-refractivity contribution in [2.75, 3.05) is 6.54 Å². The molecule has 1 aliphatic rings. The number of aliphatic imine (C=N–C) groups is 1. The van der Waals surface area contributed by atoms with Crippen LogP contribution >= 0.6 is 12.8 Å². The maximum atomic E-state index is 14.3. The van der Waals surface area contributed by atoms with Crippen molar-refractivity contribution in [1.82, 2.24) is 9.71 Å². The fraction of sp³-hybridized carbons (Fsp3) is 0.200. The van der Waals surface area contributed by atoms with E-state index < -0.39 is 17.0 Å². The molecule has 1 atom stereocenters. The zero-order valence-electron chi connectivity index (χ0n) is 21.0. The largest absolute Gasteiger partial charge is 0.404 e. The number of nitrogens with one attached hydrogen (secondary N) is 1. The molecule has 1 aliphatic carbocycles. The van der Waals surface area contributed by atoms with Gasteiger partial charge in [-0.15, -0.1) is 0 Å². The number of nitrogens with zero attached hydrogens (tertiary/aromatic N) is 2. The van der Waals surface area contributed by atoms with Gasteiger partial charge in [0, 0.05) is 24.2 Å². The summed E-state index contributed by atoms with van der Waals surface area (Å²) >= 11 is 4.18. The summed E-state index contributed by atoms with van der Waals surface area (Å²) in [6.07, 6.45) is 6.32. The van der Waals surface area contributed by atoms with E-state index >= 15 is 0 Å². The lowest BCUT2D eigenvalue weighted by atomic mass is 9.61. The molecule has 0 fully saturated rings. The number of aromatic nitrogens is 1. The Hall–Kier alpha value is -3.62. The Kier molecular flexibility index (Phi) is 8.54. The second-order valence-electron chi connectivity index (χ2n) is 9.40. The molecule has 2 aromatic carbocycles. The predicted molar refractivity (Wildman–Crippen MR) is 151 cm³/mol. The van der Waals surface area contributed by atoms with Crippen molar-refractivity contribution < 1.29 is 13.2 Å². The van der Waals surface area contributed by atoms with Gasteiger partial charge in [0.15, 0.2) is 0 Å². The Morgan fingerprint density at radius 2 is 1.82 bits per heavy atom. The number of hydrogen-bond acceptors (Lipinski definition) is 5. The molecule has 1 heterocycles. The van der Waals surface area contributed by atoms with Crippen molar-refractivity contribution in [2.24, 2.45) is 16.1 Å². The Morgan fingerprint density at radius 3 is 2.45 bits per heavy atom. The van der Waals surface area contributed by atoms with Crippen molar-refractivity contribution in [3.8, 4) is 0 Å². The van der Waals surface area contributed by atoms with E-state index in [4.69, 9.17) is 10.7 Å². The van der Waals surface area contributed by atoms with E-state index in [9.17, 15) is 13.2 Å². The molecule has 196 valence electrons. The average Bonchev–Trinajstić information content (AvgIpc) is 2.88. The predicted octanol–water partition coefficient (Wildman–Crippen LogP) is 6.82. The van der Waals surface area contributed by atoms with E-state index in [1.165, 1.54) is 30.5 Å². The topological polar surface area (TPSA) is 63.3 Å². The normalized spacial score (nSPS) is 19.6. The van der Waals surface area contributed by atoms with Gasteiger partial charge in [0.1, 0.15) is 17.5 Å². The van der Waals surface area contributed by atoms with Crippen LogP contribution in [0.4, 0.5) is 18.9 Å². The van der Waals surface area contributed by atoms with Gasteiger partial charge in [-0.05, 0) is 109 Å². The number of hydrogen-bond donors (Lipinski definition) is 3. The lowest BCUT2D eigenvalue weighted by Crippen LogP contribution is -2.35. The van der Waals surface area contributed by atoms with Gasteiger partial charge in [-0.1, -0.05) is 25.0 Å². The first-order valence-corrected chi connectivity index (χ1v) is 12.6. The highest BCUT2D eigenvalue weighted by atomic mass is 32.1. The molecule has 4 nitrogen and oxygen atoms in total. The van der Waals surface area contributed by atoms with Crippen LogP contribution in [0.5, 0.6) is 0 Å². The van der Waals surface area contributed by atoms with E-state index in [1.54, 1.807) is 18.3 Å². The van der Waals surface area contributed by atoms with Crippen LogP contribution in [-0.2, 0) is 6.42 Å². The van der Waals surface area contributed by atoms with Gasteiger partial charge >= 0.3 is 0 Å². The van der Waals surface area contributed by atoms with E-state index in [0.29, 0.717) is 47.6 Å². The fourth-order valence-corrected chi connectivity index (χ4v) is 5.03. The van der Waals surface area contributed by atoms with Gasteiger partial charge in [-0.25, -0.2) is 18.2 Å². The summed E-state index contributed by atoms with van der Waals surface area (Å²) in [7, 11) is 0. The first-order chi connectivity index (χ1) is 18.2. The molecule has 1 unspecified atom stereocenters. The second-order valence-corrected chi connectivity index (χ2v) is 9.72. The van der Waals surface area contributed by atoms with Crippen LogP contribution in [0, 0.1) is 29.8 Å². The Morgan fingerprint density at radius 1 is 1.11 bits per heavy atom. The van der Waals surface area contributed by atoms with Gasteiger partial charge in [-0.2, -0.15) is 0 Å². The number of allylic oxidation sites excluding steroid dienone is 3. The van der Waals surface area contributed by atoms with Crippen molar-refractivity contribution >= 4 is 29.8 Å². The van der Waals surface area contributed by atoms with Crippen molar-refractivity contribution in [3.05, 3.63) is 125 Å². The molecule has 4 rings (SSSR count). The number of aryl methyl sites for hydroxylation is 1. The van der Waals surface area contributed by atoms with E-state index in [2.05, 4.69) is 29.1 Å². The maximum Gasteiger partial charge on any atom is 0.126 e. The van der Waals surface area contributed by atoms with Crippen LogP contribution in [0.1, 0.15) is 29.7 Å². The summed E-state index contributed by atoms with van der Waals surface area (Å²) < 4.78 is 44.9. The third kappa shape index (κ3) is 6.09. The quantitative estimate of drug-likeness (QED) is 0.278. The minimum atomic E-state index is -0.807. The molecule has 0 amide bonds. The number of halogens is 3. The first-order valence-electron chi connectivity index (χ1n) is 12.1. The Balaban J connectivity index is 1.93. The Labute approximate surface area is 226 Å². The van der Waals surface area contributed by atoms with Crippen LogP contribution < -0.4 is 10.5 Å². The lowest BCUT2D eigenvalue weighted by Gasteiger charge is -2.42. The molecule has 0 radical (unpaired) electrons. The smallest absolute Gasteiger partial charge is 0.126 e. The maximum absolute atomic E-state index is 14.3. The van der Waals surface area contributed by atoms with Crippen molar-refractivity contribution in [3.63, 3.8) is 0 Å². The minimum absolute atomic E-state index is 0.260. The van der Waals surface area contributed by atoms with Crippen LogP contribution in [0.2, 0.25) is 0 Å². The van der Waals surface area contributed by atoms with E-state index in [-0.39, 0.29) is 12.2 Å². The highest BCUT2D eigenvalue weighted by Crippen LogP contribution is 2.51. The number of rotatable bonds is 8. The summed E-state index contributed by atoms with van der Waals surface area (Å²) in [5.74, 6) is -1.66. The first kappa shape index (κ1) is 27.4. The van der Waals surface area contributed by atoms with Crippen LogP contribution in [0.25, 0.3) is 5.57 Å². The number of nitrogens with two attached hydrogens (primary N) is 1.